The Kier molecular flexibility index (Phi) is 2.66. The van der Waals surface area contributed by atoms with E-state index in [9.17, 15) is 13.2 Å². The van der Waals surface area contributed by atoms with Crippen molar-refractivity contribution in [2.24, 2.45) is 5.73 Å². The summed E-state index contributed by atoms with van der Waals surface area (Å²) in [6.07, 6.45) is -0.823. The van der Waals surface area contributed by atoms with Crippen LogP contribution in [0.4, 0.5) is 13.2 Å². The second-order valence-electron chi connectivity index (χ2n) is 4.22. The van der Waals surface area contributed by atoms with Crippen LogP contribution in [-0.4, -0.2) is 11.5 Å². The van der Waals surface area contributed by atoms with Crippen molar-refractivity contribution in [3.8, 4) is 0 Å². The second-order valence-corrected chi connectivity index (χ2v) is 4.22. The molecule has 2 N–H and O–H groups in total. The second kappa shape index (κ2) is 3.73. The third-order valence-corrected chi connectivity index (χ3v) is 3.09. The first-order chi connectivity index (χ1) is 7.49. The number of hydrogen-bond acceptors (Lipinski definition) is 2. The van der Waals surface area contributed by atoms with E-state index in [0.29, 0.717) is 13.0 Å². The van der Waals surface area contributed by atoms with E-state index < -0.39 is 17.2 Å². The van der Waals surface area contributed by atoms with Crippen molar-refractivity contribution in [1.82, 2.24) is 4.98 Å². The maximum atomic E-state index is 12.8. The summed E-state index contributed by atoms with van der Waals surface area (Å²) >= 11 is 0. The predicted molar refractivity (Wildman–Crippen MR) is 53.8 cm³/mol. The lowest BCUT2D eigenvalue weighted by Gasteiger charge is -2.18. The fourth-order valence-corrected chi connectivity index (χ4v) is 2.09. The van der Waals surface area contributed by atoms with E-state index in [1.54, 1.807) is 0 Å². The number of pyridine rings is 1. The van der Waals surface area contributed by atoms with E-state index in [-0.39, 0.29) is 5.69 Å². The predicted octanol–water partition coefficient (Wildman–Crippen LogP) is 2.48. The fourth-order valence-electron chi connectivity index (χ4n) is 2.09. The van der Waals surface area contributed by atoms with Crippen LogP contribution in [0.1, 0.15) is 30.5 Å². The van der Waals surface area contributed by atoms with Crippen molar-refractivity contribution < 1.29 is 13.2 Å². The molecule has 1 fully saturated rings. The lowest BCUT2D eigenvalue weighted by molar-refractivity contribution is -0.138. The molecule has 5 heteroatoms. The van der Waals surface area contributed by atoms with Gasteiger partial charge in [-0.25, -0.2) is 0 Å². The van der Waals surface area contributed by atoms with Crippen LogP contribution in [-0.2, 0) is 11.6 Å². The van der Waals surface area contributed by atoms with Crippen molar-refractivity contribution >= 4 is 0 Å². The lowest BCUT2D eigenvalue weighted by atomic mass is 9.93. The summed E-state index contributed by atoms with van der Waals surface area (Å²) in [7, 11) is 0. The molecule has 16 heavy (non-hydrogen) atoms. The summed E-state index contributed by atoms with van der Waals surface area (Å²) in [5.41, 5.74) is 4.59. The van der Waals surface area contributed by atoms with Gasteiger partial charge in [-0.05, 0) is 37.9 Å². The molecule has 0 spiro atoms. The van der Waals surface area contributed by atoms with E-state index >= 15 is 0 Å². The van der Waals surface area contributed by atoms with Crippen molar-refractivity contribution in [3.05, 3.63) is 29.6 Å². The number of nitrogens with zero attached hydrogens (tertiary/aromatic N) is 1. The summed E-state index contributed by atoms with van der Waals surface area (Å²) in [5.74, 6) is 0. The van der Waals surface area contributed by atoms with Gasteiger partial charge in [0.2, 0.25) is 0 Å². The molecule has 1 aromatic heterocycles. The number of halogens is 3. The quantitative estimate of drug-likeness (QED) is 0.866. The summed E-state index contributed by atoms with van der Waals surface area (Å²) in [5, 5.41) is 0. The van der Waals surface area contributed by atoms with Gasteiger partial charge in [-0.3, -0.25) is 4.98 Å². The Hall–Kier alpha value is -1.10. The SMILES string of the molecule is NCCC1(c2ncccc2C(F)(F)F)CC1. The first kappa shape index (κ1) is 11.4. The molecule has 88 valence electrons. The first-order valence-electron chi connectivity index (χ1n) is 5.22. The molecule has 1 aliphatic rings. The van der Waals surface area contributed by atoms with Crippen molar-refractivity contribution in [2.45, 2.75) is 30.9 Å². The van der Waals surface area contributed by atoms with E-state index in [4.69, 9.17) is 5.73 Å². The number of alkyl halides is 3. The molecule has 0 aliphatic heterocycles. The molecule has 2 nitrogen and oxygen atoms in total. The highest BCUT2D eigenvalue weighted by molar-refractivity contribution is 5.34. The van der Waals surface area contributed by atoms with Crippen molar-refractivity contribution in [2.75, 3.05) is 6.54 Å². The number of rotatable bonds is 3. The summed E-state index contributed by atoms with van der Waals surface area (Å²) in [6.45, 7) is 0.397. The molecular weight excluding hydrogens is 217 g/mol. The van der Waals surface area contributed by atoms with Crippen LogP contribution in [0.2, 0.25) is 0 Å². The Labute approximate surface area is 91.7 Å². The maximum Gasteiger partial charge on any atom is 0.418 e. The molecular formula is C11H13F3N2. The zero-order valence-electron chi connectivity index (χ0n) is 8.72. The third-order valence-electron chi connectivity index (χ3n) is 3.09. The number of hydrogen-bond donors (Lipinski definition) is 1. The molecule has 1 aliphatic carbocycles. The third kappa shape index (κ3) is 1.91. The molecule has 0 atom stereocenters. The lowest BCUT2D eigenvalue weighted by Crippen LogP contribution is -2.20. The minimum absolute atomic E-state index is 0.174. The zero-order valence-corrected chi connectivity index (χ0v) is 8.72. The molecule has 0 bridgehead atoms. The molecule has 0 radical (unpaired) electrons. The minimum atomic E-state index is -4.33. The van der Waals surface area contributed by atoms with Crippen molar-refractivity contribution in [1.29, 1.82) is 0 Å². The van der Waals surface area contributed by atoms with Crippen LogP contribution in [0.15, 0.2) is 18.3 Å². The normalized spacial score (nSPS) is 18.5. The maximum absolute atomic E-state index is 12.8. The molecule has 0 saturated heterocycles. The van der Waals surface area contributed by atoms with Crippen LogP contribution in [0.25, 0.3) is 0 Å². The topological polar surface area (TPSA) is 38.9 Å². The Balaban J connectivity index is 2.41. The van der Waals surface area contributed by atoms with Gasteiger partial charge in [0.15, 0.2) is 0 Å². The van der Waals surface area contributed by atoms with Gasteiger partial charge in [0.1, 0.15) is 0 Å². The van der Waals surface area contributed by atoms with Crippen LogP contribution in [0.3, 0.4) is 0 Å². The molecule has 0 amide bonds. The van der Waals surface area contributed by atoms with Crippen molar-refractivity contribution in [3.63, 3.8) is 0 Å². The smallest absolute Gasteiger partial charge is 0.330 e. The molecule has 1 saturated carbocycles. The highest BCUT2D eigenvalue weighted by Crippen LogP contribution is 2.52. The standard InChI is InChI=1S/C11H13F3N2/c12-11(13,14)8-2-1-7-16-9(8)10(3-4-10)5-6-15/h1-2,7H,3-6,15H2. The Bertz CT molecular complexity index is 383. The van der Waals surface area contributed by atoms with Crippen LogP contribution in [0, 0.1) is 0 Å². The van der Waals surface area contributed by atoms with Gasteiger partial charge in [0.25, 0.3) is 0 Å². The van der Waals surface area contributed by atoms with Gasteiger partial charge < -0.3 is 5.73 Å². The highest BCUT2D eigenvalue weighted by atomic mass is 19.4. The van der Waals surface area contributed by atoms with E-state index in [2.05, 4.69) is 4.98 Å². The van der Waals surface area contributed by atoms with Gasteiger partial charge in [0.05, 0.1) is 11.3 Å². The summed E-state index contributed by atoms with van der Waals surface area (Å²) < 4.78 is 38.3. The van der Waals surface area contributed by atoms with E-state index in [1.807, 2.05) is 0 Å². The molecule has 2 rings (SSSR count). The average Bonchev–Trinajstić information content (AvgIpc) is 2.98. The van der Waals surface area contributed by atoms with Crippen LogP contribution in [0.5, 0.6) is 0 Å². The van der Waals surface area contributed by atoms with Crippen LogP contribution >= 0.6 is 0 Å². The average molecular weight is 230 g/mol. The molecule has 0 aromatic carbocycles. The summed E-state index contributed by atoms with van der Waals surface area (Å²) in [4.78, 5) is 3.92. The largest absolute Gasteiger partial charge is 0.418 e. The Morgan fingerprint density at radius 3 is 2.56 bits per heavy atom. The minimum Gasteiger partial charge on any atom is -0.330 e. The molecule has 1 aromatic rings. The Morgan fingerprint density at radius 2 is 2.06 bits per heavy atom. The Morgan fingerprint density at radius 1 is 1.38 bits per heavy atom. The number of nitrogens with two attached hydrogens (primary N) is 1. The highest BCUT2D eigenvalue weighted by Gasteiger charge is 2.49. The van der Waals surface area contributed by atoms with E-state index in [0.717, 1.165) is 18.9 Å². The van der Waals surface area contributed by atoms with E-state index in [1.165, 1.54) is 12.3 Å². The van der Waals surface area contributed by atoms with Gasteiger partial charge in [-0.15, -0.1) is 0 Å². The number of aromatic nitrogens is 1. The van der Waals surface area contributed by atoms with Gasteiger partial charge in [-0.1, -0.05) is 0 Å². The van der Waals surface area contributed by atoms with Gasteiger partial charge in [0, 0.05) is 11.6 Å². The zero-order chi connectivity index (χ0) is 11.8. The molecule has 0 unspecified atom stereocenters. The van der Waals surface area contributed by atoms with Crippen LogP contribution < -0.4 is 5.73 Å². The van der Waals surface area contributed by atoms with Gasteiger partial charge >= 0.3 is 6.18 Å². The fraction of sp³-hybridized carbons (Fsp3) is 0.545. The monoisotopic (exact) mass is 230 g/mol. The first-order valence-corrected chi connectivity index (χ1v) is 5.22. The molecule has 1 heterocycles. The van der Waals surface area contributed by atoms with Gasteiger partial charge in [-0.2, -0.15) is 13.2 Å². The summed E-state index contributed by atoms with van der Waals surface area (Å²) in [6, 6.07) is 2.42.